The minimum absolute atomic E-state index is 0.120. The lowest BCUT2D eigenvalue weighted by molar-refractivity contribution is -0.138. The summed E-state index contributed by atoms with van der Waals surface area (Å²) in [6.07, 6.45) is 8.11. The quantitative estimate of drug-likeness (QED) is 0.834. The van der Waals surface area contributed by atoms with Crippen LogP contribution in [0.25, 0.3) is 0 Å². The normalized spacial score (nSPS) is 27.5. The average molecular weight is 318 g/mol. The van der Waals surface area contributed by atoms with E-state index in [1.54, 1.807) is 19.5 Å². The van der Waals surface area contributed by atoms with E-state index in [9.17, 15) is 4.79 Å². The highest BCUT2D eigenvalue weighted by Crippen LogP contribution is 2.38. The van der Waals surface area contributed by atoms with Gasteiger partial charge < -0.3 is 14.4 Å². The largest absolute Gasteiger partial charge is 0.385 e. The van der Waals surface area contributed by atoms with Gasteiger partial charge in [0.25, 0.3) is 0 Å². The lowest BCUT2D eigenvalue weighted by atomic mass is 9.85. The van der Waals surface area contributed by atoms with Crippen LogP contribution >= 0.6 is 0 Å². The van der Waals surface area contributed by atoms with E-state index in [1.165, 1.54) is 0 Å². The maximum atomic E-state index is 12.6. The molecular weight excluding hydrogens is 292 g/mol. The Morgan fingerprint density at radius 1 is 1.48 bits per heavy atom. The molecule has 2 atom stereocenters. The number of hydrogen-bond acceptors (Lipinski definition) is 4. The zero-order valence-electron chi connectivity index (χ0n) is 13.9. The molecule has 2 saturated heterocycles. The molecule has 0 unspecified atom stereocenters. The van der Waals surface area contributed by atoms with Gasteiger partial charge in [-0.05, 0) is 49.3 Å². The van der Waals surface area contributed by atoms with Gasteiger partial charge in [-0.2, -0.15) is 0 Å². The van der Waals surface area contributed by atoms with Gasteiger partial charge in [0.2, 0.25) is 5.91 Å². The summed E-state index contributed by atoms with van der Waals surface area (Å²) in [6, 6.07) is 3.81. The lowest BCUT2D eigenvalue weighted by Gasteiger charge is -2.40. The predicted octanol–water partition coefficient (Wildman–Crippen LogP) is 2.06. The van der Waals surface area contributed by atoms with Crippen LogP contribution in [-0.4, -0.2) is 54.8 Å². The van der Waals surface area contributed by atoms with Crippen molar-refractivity contribution in [2.24, 2.45) is 5.92 Å². The van der Waals surface area contributed by atoms with Crippen LogP contribution in [0.4, 0.5) is 0 Å². The van der Waals surface area contributed by atoms with E-state index < -0.39 is 0 Å². The second-order valence-electron chi connectivity index (χ2n) is 6.80. The van der Waals surface area contributed by atoms with Gasteiger partial charge in [0.05, 0.1) is 18.6 Å². The summed E-state index contributed by atoms with van der Waals surface area (Å²) < 4.78 is 11.3. The molecule has 126 valence electrons. The van der Waals surface area contributed by atoms with Crippen molar-refractivity contribution in [3.63, 3.8) is 0 Å². The highest BCUT2D eigenvalue weighted by atomic mass is 16.5. The van der Waals surface area contributed by atoms with Crippen LogP contribution in [0, 0.1) is 5.92 Å². The van der Waals surface area contributed by atoms with Crippen LogP contribution < -0.4 is 0 Å². The SMILES string of the molecule is COCC[C@@H]1CO[C@]2(CCCN(C(=O)Cc3ccncc3)C2)C1. The molecule has 0 saturated carbocycles. The van der Waals surface area contributed by atoms with E-state index in [-0.39, 0.29) is 11.5 Å². The molecule has 5 nitrogen and oxygen atoms in total. The second-order valence-corrected chi connectivity index (χ2v) is 6.80. The first-order chi connectivity index (χ1) is 11.2. The third kappa shape index (κ3) is 4.09. The Labute approximate surface area is 138 Å². The number of piperidine rings is 1. The summed E-state index contributed by atoms with van der Waals surface area (Å²) in [7, 11) is 1.74. The van der Waals surface area contributed by atoms with Crippen LogP contribution in [0.5, 0.6) is 0 Å². The first kappa shape index (κ1) is 16.4. The van der Waals surface area contributed by atoms with Gasteiger partial charge in [0.1, 0.15) is 0 Å². The van der Waals surface area contributed by atoms with Gasteiger partial charge in [0, 0.05) is 39.2 Å². The molecule has 0 N–H and O–H groups in total. The zero-order chi connectivity index (χ0) is 16.1. The standard InChI is InChI=1S/C18H26N2O3/c1-22-10-5-16-12-18(23-13-16)6-2-9-20(14-18)17(21)11-15-3-7-19-8-4-15/h3-4,7-8,16H,2,5-6,9-14H2,1H3/t16-,18+/m0/s1. The molecule has 0 aromatic carbocycles. The summed E-state index contributed by atoms with van der Waals surface area (Å²) in [5.74, 6) is 0.754. The molecule has 1 spiro atoms. The Balaban J connectivity index is 1.57. The summed E-state index contributed by atoms with van der Waals surface area (Å²) in [6.45, 7) is 3.17. The maximum Gasteiger partial charge on any atom is 0.227 e. The van der Waals surface area contributed by atoms with Crippen molar-refractivity contribution in [3.05, 3.63) is 30.1 Å². The highest BCUT2D eigenvalue weighted by molar-refractivity contribution is 5.79. The Morgan fingerprint density at radius 3 is 3.09 bits per heavy atom. The number of nitrogens with zero attached hydrogens (tertiary/aromatic N) is 2. The third-order valence-corrected chi connectivity index (χ3v) is 5.01. The van der Waals surface area contributed by atoms with Crippen molar-refractivity contribution >= 4 is 5.91 Å². The molecule has 0 aliphatic carbocycles. The van der Waals surface area contributed by atoms with Crippen LogP contribution in [0.1, 0.15) is 31.2 Å². The summed E-state index contributed by atoms with van der Waals surface area (Å²) in [4.78, 5) is 18.6. The van der Waals surface area contributed by atoms with Crippen molar-refractivity contribution in [2.75, 3.05) is 33.4 Å². The van der Waals surface area contributed by atoms with Gasteiger partial charge in [-0.15, -0.1) is 0 Å². The van der Waals surface area contributed by atoms with Crippen LogP contribution in [0.2, 0.25) is 0 Å². The number of methoxy groups -OCH3 is 1. The van der Waals surface area contributed by atoms with Crippen molar-refractivity contribution in [1.82, 2.24) is 9.88 Å². The molecule has 3 rings (SSSR count). The fourth-order valence-corrected chi connectivity index (χ4v) is 3.79. The number of rotatable bonds is 5. The van der Waals surface area contributed by atoms with E-state index in [0.717, 1.165) is 57.6 Å². The Hall–Kier alpha value is -1.46. The molecule has 1 aromatic rings. The van der Waals surface area contributed by atoms with Crippen molar-refractivity contribution < 1.29 is 14.3 Å². The fraction of sp³-hybridized carbons (Fsp3) is 0.667. The molecule has 1 amide bonds. The number of aromatic nitrogens is 1. The number of likely N-dealkylation sites (tertiary alicyclic amines) is 1. The number of amides is 1. The lowest BCUT2D eigenvalue weighted by Crippen LogP contribution is -2.50. The number of ether oxygens (including phenoxy) is 2. The number of hydrogen-bond donors (Lipinski definition) is 0. The summed E-state index contributed by atoms with van der Waals surface area (Å²) in [5, 5.41) is 0. The van der Waals surface area contributed by atoms with E-state index in [0.29, 0.717) is 12.3 Å². The molecule has 1 aromatic heterocycles. The van der Waals surface area contributed by atoms with Crippen molar-refractivity contribution in [3.8, 4) is 0 Å². The molecular formula is C18H26N2O3. The molecule has 2 fully saturated rings. The van der Waals surface area contributed by atoms with E-state index >= 15 is 0 Å². The molecule has 0 bridgehead atoms. The fourth-order valence-electron chi connectivity index (χ4n) is 3.79. The molecule has 3 heterocycles. The van der Waals surface area contributed by atoms with Crippen molar-refractivity contribution in [2.45, 2.75) is 37.7 Å². The monoisotopic (exact) mass is 318 g/mol. The Kier molecular flexibility index (Phi) is 5.28. The predicted molar refractivity (Wildman–Crippen MR) is 87.0 cm³/mol. The minimum atomic E-state index is -0.120. The maximum absolute atomic E-state index is 12.6. The Bertz CT molecular complexity index is 522. The van der Waals surface area contributed by atoms with Gasteiger partial charge in [-0.1, -0.05) is 0 Å². The Morgan fingerprint density at radius 2 is 2.30 bits per heavy atom. The van der Waals surface area contributed by atoms with Crippen LogP contribution in [0.15, 0.2) is 24.5 Å². The second kappa shape index (κ2) is 7.41. The molecule has 2 aliphatic heterocycles. The minimum Gasteiger partial charge on any atom is -0.385 e. The third-order valence-electron chi connectivity index (χ3n) is 5.01. The summed E-state index contributed by atoms with van der Waals surface area (Å²) in [5.41, 5.74) is 0.903. The highest BCUT2D eigenvalue weighted by Gasteiger charge is 2.44. The van der Waals surface area contributed by atoms with Crippen LogP contribution in [0.3, 0.4) is 0 Å². The van der Waals surface area contributed by atoms with Gasteiger partial charge in [-0.3, -0.25) is 9.78 Å². The summed E-state index contributed by atoms with van der Waals surface area (Å²) >= 11 is 0. The number of carbonyl (C=O) groups is 1. The van der Waals surface area contributed by atoms with Gasteiger partial charge >= 0.3 is 0 Å². The zero-order valence-corrected chi connectivity index (χ0v) is 13.9. The number of carbonyl (C=O) groups excluding carboxylic acids is 1. The van der Waals surface area contributed by atoms with Gasteiger partial charge in [0.15, 0.2) is 0 Å². The molecule has 2 aliphatic rings. The molecule has 23 heavy (non-hydrogen) atoms. The van der Waals surface area contributed by atoms with E-state index in [2.05, 4.69) is 4.98 Å². The number of pyridine rings is 1. The first-order valence-corrected chi connectivity index (χ1v) is 8.50. The smallest absolute Gasteiger partial charge is 0.227 e. The average Bonchev–Trinajstić information content (AvgIpc) is 2.96. The van der Waals surface area contributed by atoms with E-state index in [4.69, 9.17) is 9.47 Å². The van der Waals surface area contributed by atoms with E-state index in [1.807, 2.05) is 17.0 Å². The first-order valence-electron chi connectivity index (χ1n) is 8.50. The van der Waals surface area contributed by atoms with Crippen LogP contribution in [-0.2, 0) is 20.7 Å². The molecule has 0 radical (unpaired) electrons. The van der Waals surface area contributed by atoms with Gasteiger partial charge in [-0.25, -0.2) is 0 Å². The van der Waals surface area contributed by atoms with Crippen molar-refractivity contribution in [1.29, 1.82) is 0 Å². The topological polar surface area (TPSA) is 51.7 Å². The molecule has 5 heteroatoms.